The lowest BCUT2D eigenvalue weighted by Gasteiger charge is -2.14. The van der Waals surface area contributed by atoms with Gasteiger partial charge in [-0.25, -0.2) is 0 Å². The average molecular weight is 223 g/mol. The highest BCUT2D eigenvalue weighted by Crippen LogP contribution is 2.25. The second-order valence-corrected chi connectivity index (χ2v) is 3.84. The lowest BCUT2D eigenvalue weighted by atomic mass is 10.1. The Hall–Kier alpha value is -2.34. The summed E-state index contributed by atoms with van der Waals surface area (Å²) < 4.78 is 0. The second kappa shape index (κ2) is 4.67. The summed E-state index contributed by atoms with van der Waals surface area (Å²) in [6, 6.07) is 10.0. The van der Waals surface area contributed by atoms with Gasteiger partial charge in [-0.3, -0.25) is 4.98 Å². The molecule has 1 atom stereocenters. The van der Waals surface area contributed by atoms with E-state index in [0.717, 1.165) is 16.6 Å². The van der Waals surface area contributed by atoms with Gasteiger partial charge in [-0.2, -0.15) is 5.26 Å². The molecule has 0 saturated heterocycles. The molecule has 0 saturated carbocycles. The highest BCUT2D eigenvalue weighted by Gasteiger charge is 2.09. The zero-order valence-electron chi connectivity index (χ0n) is 9.64. The van der Waals surface area contributed by atoms with Crippen LogP contribution >= 0.6 is 0 Å². The van der Waals surface area contributed by atoms with Crippen LogP contribution in [-0.2, 0) is 0 Å². The Balaban J connectivity index is 2.63. The molecule has 0 spiro atoms. The van der Waals surface area contributed by atoms with Crippen LogP contribution in [0.5, 0.6) is 0 Å². The number of nitrogens with zero attached hydrogens (tertiary/aromatic N) is 2. The molecular formula is C14H13N3. The Bertz CT molecular complexity index is 596. The van der Waals surface area contributed by atoms with Crippen molar-refractivity contribution in [3.05, 3.63) is 48.7 Å². The van der Waals surface area contributed by atoms with Crippen molar-refractivity contribution in [1.29, 1.82) is 5.26 Å². The number of para-hydroxylation sites is 1. The lowest BCUT2D eigenvalue weighted by Crippen LogP contribution is -2.13. The normalized spacial score (nSPS) is 11.8. The summed E-state index contributed by atoms with van der Waals surface area (Å²) in [6.07, 6.45) is 3.40. The Kier molecular flexibility index (Phi) is 3.06. The molecule has 3 heteroatoms. The summed E-state index contributed by atoms with van der Waals surface area (Å²) in [4.78, 5) is 4.26. The highest BCUT2D eigenvalue weighted by atomic mass is 14.9. The summed E-state index contributed by atoms with van der Waals surface area (Å²) in [5.74, 6) is 0. The Morgan fingerprint density at radius 1 is 1.47 bits per heavy atom. The molecule has 2 aromatic rings. The second-order valence-electron chi connectivity index (χ2n) is 3.84. The number of anilines is 1. The fourth-order valence-corrected chi connectivity index (χ4v) is 1.67. The van der Waals surface area contributed by atoms with Gasteiger partial charge in [-0.15, -0.1) is 6.58 Å². The topological polar surface area (TPSA) is 48.7 Å². The van der Waals surface area contributed by atoms with Gasteiger partial charge in [0, 0.05) is 17.6 Å². The minimum Gasteiger partial charge on any atom is -0.377 e. The molecule has 17 heavy (non-hydrogen) atoms. The number of nitrogens with one attached hydrogen (secondary N) is 1. The van der Waals surface area contributed by atoms with Gasteiger partial charge in [0.1, 0.15) is 6.07 Å². The van der Waals surface area contributed by atoms with E-state index in [1.165, 1.54) is 0 Å². The van der Waals surface area contributed by atoms with Gasteiger partial charge >= 0.3 is 0 Å². The summed E-state index contributed by atoms with van der Waals surface area (Å²) in [6.45, 7) is 5.72. The van der Waals surface area contributed by atoms with Gasteiger partial charge in [0.05, 0.1) is 16.8 Å². The molecule has 0 aliphatic carbocycles. The number of fused-ring (bicyclic) bond motifs is 1. The Morgan fingerprint density at radius 2 is 2.24 bits per heavy atom. The zero-order chi connectivity index (χ0) is 12.3. The van der Waals surface area contributed by atoms with Crippen molar-refractivity contribution in [2.24, 2.45) is 0 Å². The predicted octanol–water partition coefficient (Wildman–Crippen LogP) is 3.09. The van der Waals surface area contributed by atoms with Gasteiger partial charge in [0.2, 0.25) is 0 Å². The van der Waals surface area contributed by atoms with Gasteiger partial charge in [0.15, 0.2) is 0 Å². The number of rotatable bonds is 3. The fraction of sp³-hybridized carbons (Fsp3) is 0.143. The van der Waals surface area contributed by atoms with Crippen molar-refractivity contribution in [3.8, 4) is 6.07 Å². The van der Waals surface area contributed by atoms with Crippen molar-refractivity contribution in [2.75, 3.05) is 5.32 Å². The molecule has 1 N–H and O–H groups in total. The van der Waals surface area contributed by atoms with E-state index in [2.05, 4.69) is 22.9 Å². The third kappa shape index (κ3) is 2.11. The van der Waals surface area contributed by atoms with Crippen molar-refractivity contribution in [2.45, 2.75) is 13.0 Å². The van der Waals surface area contributed by atoms with Crippen LogP contribution < -0.4 is 5.32 Å². The van der Waals surface area contributed by atoms with E-state index in [1.807, 2.05) is 31.2 Å². The predicted molar refractivity (Wildman–Crippen MR) is 69.7 cm³/mol. The SMILES string of the molecule is C=CC(C)Nc1c(C#N)cnc2ccccc12. The monoisotopic (exact) mass is 223 g/mol. The number of aromatic nitrogens is 1. The van der Waals surface area contributed by atoms with E-state index >= 15 is 0 Å². The summed E-state index contributed by atoms with van der Waals surface area (Å²) in [5.41, 5.74) is 2.26. The van der Waals surface area contributed by atoms with Crippen LogP contribution in [0, 0.1) is 11.3 Å². The number of benzene rings is 1. The summed E-state index contributed by atoms with van der Waals surface area (Å²) in [7, 11) is 0. The molecule has 0 fully saturated rings. The minimum atomic E-state index is 0.105. The number of nitriles is 1. The summed E-state index contributed by atoms with van der Waals surface area (Å²) >= 11 is 0. The molecule has 0 amide bonds. The van der Waals surface area contributed by atoms with Crippen LogP contribution in [0.1, 0.15) is 12.5 Å². The maximum Gasteiger partial charge on any atom is 0.103 e. The van der Waals surface area contributed by atoms with Crippen LogP contribution in [0.15, 0.2) is 43.1 Å². The first kappa shape index (κ1) is 11.2. The quantitative estimate of drug-likeness (QED) is 0.813. The van der Waals surface area contributed by atoms with Crippen LogP contribution in [0.25, 0.3) is 10.9 Å². The van der Waals surface area contributed by atoms with Crippen LogP contribution in [0.3, 0.4) is 0 Å². The first-order valence-electron chi connectivity index (χ1n) is 5.43. The summed E-state index contributed by atoms with van der Waals surface area (Å²) in [5, 5.41) is 13.3. The fourth-order valence-electron chi connectivity index (χ4n) is 1.67. The molecule has 1 aromatic carbocycles. The Morgan fingerprint density at radius 3 is 2.94 bits per heavy atom. The standard InChI is InChI=1S/C14H13N3/c1-3-10(2)17-14-11(8-15)9-16-13-7-5-4-6-12(13)14/h3-7,9-10H,1H2,2H3,(H,16,17). The van der Waals surface area contributed by atoms with E-state index < -0.39 is 0 Å². The molecule has 0 aliphatic rings. The molecule has 0 radical (unpaired) electrons. The molecule has 2 rings (SSSR count). The number of hydrogen-bond donors (Lipinski definition) is 1. The zero-order valence-corrected chi connectivity index (χ0v) is 9.64. The van der Waals surface area contributed by atoms with E-state index in [1.54, 1.807) is 12.3 Å². The highest BCUT2D eigenvalue weighted by molar-refractivity contribution is 5.94. The lowest BCUT2D eigenvalue weighted by molar-refractivity contribution is 1.00. The van der Waals surface area contributed by atoms with E-state index in [4.69, 9.17) is 5.26 Å². The van der Waals surface area contributed by atoms with Gasteiger partial charge < -0.3 is 5.32 Å². The molecule has 84 valence electrons. The number of hydrogen-bond acceptors (Lipinski definition) is 3. The van der Waals surface area contributed by atoms with Crippen molar-refractivity contribution < 1.29 is 0 Å². The van der Waals surface area contributed by atoms with E-state index in [-0.39, 0.29) is 6.04 Å². The molecule has 1 unspecified atom stereocenters. The number of pyridine rings is 1. The first-order chi connectivity index (χ1) is 8.26. The third-order valence-corrected chi connectivity index (χ3v) is 2.62. The molecule has 0 bridgehead atoms. The molecule has 0 aliphatic heterocycles. The van der Waals surface area contributed by atoms with Gasteiger partial charge in [-0.1, -0.05) is 24.3 Å². The minimum absolute atomic E-state index is 0.105. The van der Waals surface area contributed by atoms with Gasteiger partial charge in [-0.05, 0) is 13.0 Å². The van der Waals surface area contributed by atoms with Crippen molar-refractivity contribution in [3.63, 3.8) is 0 Å². The van der Waals surface area contributed by atoms with Crippen molar-refractivity contribution >= 4 is 16.6 Å². The smallest absolute Gasteiger partial charge is 0.103 e. The van der Waals surface area contributed by atoms with E-state index in [9.17, 15) is 0 Å². The van der Waals surface area contributed by atoms with Gasteiger partial charge in [0.25, 0.3) is 0 Å². The first-order valence-corrected chi connectivity index (χ1v) is 5.43. The molecule has 1 heterocycles. The third-order valence-electron chi connectivity index (χ3n) is 2.62. The van der Waals surface area contributed by atoms with Crippen molar-refractivity contribution in [1.82, 2.24) is 4.98 Å². The van der Waals surface area contributed by atoms with E-state index in [0.29, 0.717) is 5.56 Å². The van der Waals surface area contributed by atoms with Crippen LogP contribution in [-0.4, -0.2) is 11.0 Å². The molecule has 3 nitrogen and oxygen atoms in total. The maximum atomic E-state index is 9.11. The van der Waals surface area contributed by atoms with Crippen LogP contribution in [0.4, 0.5) is 5.69 Å². The maximum absolute atomic E-state index is 9.11. The molecular weight excluding hydrogens is 210 g/mol. The largest absolute Gasteiger partial charge is 0.377 e. The van der Waals surface area contributed by atoms with Crippen LogP contribution in [0.2, 0.25) is 0 Å². The average Bonchev–Trinajstić information content (AvgIpc) is 2.39. The molecule has 1 aromatic heterocycles. The Labute approximate surface area is 100 Å².